The number of hydrogen-bond donors (Lipinski definition) is 0. The Balaban J connectivity index is 2.31. The predicted octanol–water partition coefficient (Wildman–Crippen LogP) is 4.20. The van der Waals surface area contributed by atoms with Crippen molar-refractivity contribution >= 4 is 11.6 Å². The van der Waals surface area contributed by atoms with Gasteiger partial charge in [-0.3, -0.25) is 0 Å². The number of aromatic nitrogens is 3. The third-order valence-electron chi connectivity index (χ3n) is 4.28. The molecule has 1 aromatic rings. The molecule has 0 aliphatic heterocycles. The third-order valence-corrected chi connectivity index (χ3v) is 4.56. The van der Waals surface area contributed by atoms with Crippen LogP contribution in [0.25, 0.3) is 0 Å². The van der Waals surface area contributed by atoms with E-state index in [0.717, 1.165) is 12.4 Å². The summed E-state index contributed by atoms with van der Waals surface area (Å²) in [7, 11) is 0. The first-order valence-electron chi connectivity index (χ1n) is 6.97. The fraction of sp³-hybridized carbons (Fsp3) is 0.857. The molecule has 0 amide bonds. The van der Waals surface area contributed by atoms with Crippen molar-refractivity contribution in [2.45, 2.75) is 71.8 Å². The van der Waals surface area contributed by atoms with Crippen LogP contribution >= 0.6 is 11.6 Å². The van der Waals surface area contributed by atoms with Gasteiger partial charge in [0.2, 0.25) is 5.28 Å². The summed E-state index contributed by atoms with van der Waals surface area (Å²) in [6.07, 6.45) is 6.52. The van der Waals surface area contributed by atoms with Gasteiger partial charge in [0.1, 0.15) is 5.82 Å². The highest BCUT2D eigenvalue weighted by molar-refractivity contribution is 6.28. The van der Waals surface area contributed by atoms with Gasteiger partial charge in [0.05, 0.1) is 0 Å². The van der Waals surface area contributed by atoms with Crippen LogP contribution in [-0.4, -0.2) is 14.8 Å². The van der Waals surface area contributed by atoms with Crippen molar-refractivity contribution in [2.75, 3.05) is 0 Å². The molecular formula is C14H24ClN3. The van der Waals surface area contributed by atoms with Crippen LogP contribution in [0, 0.1) is 5.41 Å². The summed E-state index contributed by atoms with van der Waals surface area (Å²) in [4.78, 5) is 0. The Morgan fingerprint density at radius 3 is 2.33 bits per heavy atom. The molecule has 1 fully saturated rings. The molecule has 0 unspecified atom stereocenters. The summed E-state index contributed by atoms with van der Waals surface area (Å²) in [5, 5.41) is 8.89. The molecule has 4 heteroatoms. The molecular weight excluding hydrogens is 246 g/mol. The lowest BCUT2D eigenvalue weighted by molar-refractivity contribution is 0.230. The average Bonchev–Trinajstić information content (AvgIpc) is 2.87. The van der Waals surface area contributed by atoms with Gasteiger partial charge in [-0.25, -0.2) is 0 Å². The van der Waals surface area contributed by atoms with Crippen LogP contribution in [0.1, 0.15) is 65.6 Å². The van der Waals surface area contributed by atoms with Crippen LogP contribution in [0.15, 0.2) is 0 Å². The highest BCUT2D eigenvalue weighted by Crippen LogP contribution is 2.43. The summed E-state index contributed by atoms with van der Waals surface area (Å²) in [5.74, 6) is 1.01. The minimum absolute atomic E-state index is 0.00627. The molecule has 0 atom stereocenters. The fourth-order valence-electron chi connectivity index (χ4n) is 3.06. The van der Waals surface area contributed by atoms with E-state index in [1.807, 2.05) is 0 Å². The molecule has 0 radical (unpaired) electrons. The Hall–Kier alpha value is -0.570. The quantitative estimate of drug-likeness (QED) is 0.823. The minimum Gasteiger partial charge on any atom is -0.301 e. The van der Waals surface area contributed by atoms with Crippen molar-refractivity contribution in [3.63, 3.8) is 0 Å². The zero-order chi connectivity index (χ0) is 13.4. The van der Waals surface area contributed by atoms with Crippen LogP contribution in [0.5, 0.6) is 0 Å². The summed E-state index contributed by atoms with van der Waals surface area (Å²) in [6, 6.07) is 0. The molecule has 1 aromatic heterocycles. The Labute approximate surface area is 115 Å². The van der Waals surface area contributed by atoms with Crippen LogP contribution in [0.3, 0.4) is 0 Å². The monoisotopic (exact) mass is 269 g/mol. The normalized spacial score (nSPS) is 19.4. The lowest BCUT2D eigenvalue weighted by atomic mass is 9.83. The summed E-state index contributed by atoms with van der Waals surface area (Å²) in [6.45, 7) is 9.76. The van der Waals surface area contributed by atoms with Gasteiger partial charge in [0.15, 0.2) is 0 Å². The molecule has 0 aromatic carbocycles. The number of rotatable bonds is 3. The predicted molar refractivity (Wildman–Crippen MR) is 74.9 cm³/mol. The second-order valence-corrected chi connectivity index (χ2v) is 7.03. The minimum atomic E-state index is -0.00627. The van der Waals surface area contributed by atoms with Crippen molar-refractivity contribution in [2.24, 2.45) is 5.41 Å². The SMILES string of the molecule is CCC1(Cn2c(Cl)nnc2C(C)(C)C)CCCC1. The maximum Gasteiger partial charge on any atom is 0.225 e. The first-order valence-corrected chi connectivity index (χ1v) is 7.35. The van der Waals surface area contributed by atoms with E-state index in [0.29, 0.717) is 10.7 Å². The van der Waals surface area contributed by atoms with Gasteiger partial charge in [-0.05, 0) is 36.3 Å². The highest BCUT2D eigenvalue weighted by Gasteiger charge is 2.35. The van der Waals surface area contributed by atoms with Crippen LogP contribution in [0.2, 0.25) is 5.28 Å². The molecule has 0 bridgehead atoms. The number of halogens is 1. The van der Waals surface area contributed by atoms with Gasteiger partial charge in [-0.1, -0.05) is 40.5 Å². The fourth-order valence-corrected chi connectivity index (χ4v) is 3.24. The van der Waals surface area contributed by atoms with Crippen molar-refractivity contribution < 1.29 is 0 Å². The van der Waals surface area contributed by atoms with Gasteiger partial charge in [0.25, 0.3) is 0 Å². The zero-order valence-electron chi connectivity index (χ0n) is 12.0. The molecule has 1 saturated carbocycles. The van der Waals surface area contributed by atoms with E-state index in [9.17, 15) is 0 Å². The van der Waals surface area contributed by atoms with E-state index in [1.165, 1.54) is 32.1 Å². The van der Waals surface area contributed by atoms with Crippen molar-refractivity contribution in [3.8, 4) is 0 Å². The van der Waals surface area contributed by atoms with E-state index in [-0.39, 0.29) is 5.41 Å². The van der Waals surface area contributed by atoms with Crippen molar-refractivity contribution in [3.05, 3.63) is 11.1 Å². The molecule has 0 N–H and O–H groups in total. The lowest BCUT2D eigenvalue weighted by Crippen LogP contribution is -2.27. The molecule has 0 spiro atoms. The molecule has 18 heavy (non-hydrogen) atoms. The maximum absolute atomic E-state index is 6.24. The van der Waals surface area contributed by atoms with Gasteiger partial charge >= 0.3 is 0 Å². The standard InChI is InChI=1S/C14H24ClN3/c1-5-14(8-6-7-9-14)10-18-11(13(2,3)4)16-17-12(18)15/h5-10H2,1-4H3. The smallest absolute Gasteiger partial charge is 0.225 e. The van der Waals surface area contributed by atoms with Crippen molar-refractivity contribution in [1.82, 2.24) is 14.8 Å². The van der Waals surface area contributed by atoms with E-state index in [4.69, 9.17) is 11.6 Å². The van der Waals surface area contributed by atoms with Gasteiger partial charge in [-0.2, -0.15) is 0 Å². The molecule has 1 aliphatic carbocycles. The zero-order valence-corrected chi connectivity index (χ0v) is 12.7. The van der Waals surface area contributed by atoms with Crippen molar-refractivity contribution in [1.29, 1.82) is 0 Å². The Morgan fingerprint density at radius 2 is 1.83 bits per heavy atom. The van der Waals surface area contributed by atoms with Crippen LogP contribution in [0.4, 0.5) is 0 Å². The molecule has 1 aliphatic rings. The van der Waals surface area contributed by atoms with Gasteiger partial charge in [-0.15, -0.1) is 10.2 Å². The van der Waals surface area contributed by atoms with E-state index in [1.54, 1.807) is 0 Å². The van der Waals surface area contributed by atoms with E-state index < -0.39 is 0 Å². The third kappa shape index (κ3) is 2.56. The molecule has 1 heterocycles. The highest BCUT2D eigenvalue weighted by atomic mass is 35.5. The van der Waals surface area contributed by atoms with Crippen LogP contribution < -0.4 is 0 Å². The lowest BCUT2D eigenvalue weighted by Gasteiger charge is -2.30. The van der Waals surface area contributed by atoms with E-state index >= 15 is 0 Å². The summed E-state index contributed by atoms with van der Waals surface area (Å²) in [5.41, 5.74) is 0.402. The van der Waals surface area contributed by atoms with Crippen LogP contribution in [-0.2, 0) is 12.0 Å². The largest absolute Gasteiger partial charge is 0.301 e. The average molecular weight is 270 g/mol. The van der Waals surface area contributed by atoms with Gasteiger partial charge < -0.3 is 4.57 Å². The maximum atomic E-state index is 6.24. The second kappa shape index (κ2) is 4.84. The molecule has 2 rings (SSSR count). The summed E-state index contributed by atoms with van der Waals surface area (Å²) < 4.78 is 2.14. The Bertz CT molecular complexity index is 411. The topological polar surface area (TPSA) is 30.7 Å². The molecule has 3 nitrogen and oxygen atoms in total. The first-order chi connectivity index (χ1) is 8.38. The number of hydrogen-bond acceptors (Lipinski definition) is 2. The van der Waals surface area contributed by atoms with Gasteiger partial charge in [0, 0.05) is 12.0 Å². The first kappa shape index (κ1) is 13.9. The molecule has 102 valence electrons. The summed E-state index contributed by atoms with van der Waals surface area (Å²) >= 11 is 6.24. The second-order valence-electron chi connectivity index (χ2n) is 6.69. The van der Waals surface area contributed by atoms with E-state index in [2.05, 4.69) is 42.5 Å². The Kier molecular flexibility index (Phi) is 3.72. The Morgan fingerprint density at radius 1 is 1.22 bits per heavy atom. The molecule has 0 saturated heterocycles. The number of nitrogens with zero attached hydrogens (tertiary/aromatic N) is 3.